The van der Waals surface area contributed by atoms with E-state index in [1.165, 1.54) is 0 Å². The van der Waals surface area contributed by atoms with Gasteiger partial charge in [0.25, 0.3) is 0 Å². The van der Waals surface area contributed by atoms with Gasteiger partial charge < -0.3 is 10.5 Å². The van der Waals surface area contributed by atoms with Crippen LogP contribution in [0.4, 0.5) is 0 Å². The second-order valence-electron chi connectivity index (χ2n) is 2.35. The van der Waals surface area contributed by atoms with Crippen molar-refractivity contribution in [3.8, 4) is 0 Å². The lowest BCUT2D eigenvalue weighted by Crippen LogP contribution is -2.20. The average molecular weight is 143 g/mol. The van der Waals surface area contributed by atoms with E-state index in [9.17, 15) is 0 Å². The number of rotatable bonds is 6. The standard InChI is InChI=1S/C8H17NO/c1-3-4-5-6-10-8(2)7-9/h3,8H,1,4-7,9H2,2H3. The third kappa shape index (κ3) is 5.79. The highest BCUT2D eigenvalue weighted by Gasteiger charge is 1.95. The highest BCUT2D eigenvalue weighted by Crippen LogP contribution is 1.93. The zero-order valence-corrected chi connectivity index (χ0v) is 6.68. The van der Waals surface area contributed by atoms with Crippen molar-refractivity contribution in [2.45, 2.75) is 25.9 Å². The summed E-state index contributed by atoms with van der Waals surface area (Å²) in [5.74, 6) is 0. The molecule has 0 rings (SSSR count). The summed E-state index contributed by atoms with van der Waals surface area (Å²) in [6.07, 6.45) is 4.17. The molecule has 2 N–H and O–H groups in total. The van der Waals surface area contributed by atoms with Crippen LogP contribution in [-0.2, 0) is 4.74 Å². The van der Waals surface area contributed by atoms with Crippen molar-refractivity contribution in [1.29, 1.82) is 0 Å². The maximum Gasteiger partial charge on any atom is 0.0669 e. The maximum absolute atomic E-state index is 5.34. The van der Waals surface area contributed by atoms with Crippen LogP contribution in [-0.4, -0.2) is 19.3 Å². The Kier molecular flexibility index (Phi) is 6.55. The van der Waals surface area contributed by atoms with Gasteiger partial charge in [0, 0.05) is 13.2 Å². The van der Waals surface area contributed by atoms with E-state index in [0.29, 0.717) is 6.54 Å². The Hall–Kier alpha value is -0.340. The summed E-state index contributed by atoms with van der Waals surface area (Å²) >= 11 is 0. The number of hydrogen-bond acceptors (Lipinski definition) is 2. The van der Waals surface area contributed by atoms with E-state index >= 15 is 0 Å². The van der Waals surface area contributed by atoms with Crippen molar-refractivity contribution in [3.63, 3.8) is 0 Å². The molecule has 0 fully saturated rings. The molecule has 2 heteroatoms. The van der Waals surface area contributed by atoms with E-state index in [0.717, 1.165) is 19.4 Å². The minimum absolute atomic E-state index is 0.199. The van der Waals surface area contributed by atoms with E-state index in [1.54, 1.807) is 0 Å². The Labute approximate surface area is 63.1 Å². The minimum Gasteiger partial charge on any atom is -0.377 e. The van der Waals surface area contributed by atoms with Gasteiger partial charge in [-0.1, -0.05) is 6.08 Å². The van der Waals surface area contributed by atoms with Gasteiger partial charge in [0.15, 0.2) is 0 Å². The van der Waals surface area contributed by atoms with Crippen LogP contribution in [0, 0.1) is 0 Å². The van der Waals surface area contributed by atoms with Crippen molar-refractivity contribution in [2.75, 3.05) is 13.2 Å². The van der Waals surface area contributed by atoms with Gasteiger partial charge in [0.1, 0.15) is 0 Å². The van der Waals surface area contributed by atoms with Crippen molar-refractivity contribution >= 4 is 0 Å². The van der Waals surface area contributed by atoms with E-state index in [1.807, 2.05) is 13.0 Å². The number of nitrogens with two attached hydrogens (primary N) is 1. The van der Waals surface area contributed by atoms with Gasteiger partial charge in [-0.15, -0.1) is 6.58 Å². The van der Waals surface area contributed by atoms with Crippen molar-refractivity contribution in [3.05, 3.63) is 12.7 Å². The fourth-order valence-electron chi connectivity index (χ4n) is 0.580. The zero-order chi connectivity index (χ0) is 7.82. The van der Waals surface area contributed by atoms with Gasteiger partial charge in [-0.3, -0.25) is 0 Å². The third-order valence-corrected chi connectivity index (χ3v) is 1.29. The molecule has 0 aromatic rings. The molecule has 2 nitrogen and oxygen atoms in total. The van der Waals surface area contributed by atoms with Crippen LogP contribution in [0.5, 0.6) is 0 Å². The highest BCUT2D eigenvalue weighted by atomic mass is 16.5. The Morgan fingerprint density at radius 3 is 2.90 bits per heavy atom. The minimum atomic E-state index is 0.199. The maximum atomic E-state index is 5.34. The Balaban J connectivity index is 2.95. The summed E-state index contributed by atoms with van der Waals surface area (Å²) < 4.78 is 5.32. The summed E-state index contributed by atoms with van der Waals surface area (Å²) in [4.78, 5) is 0. The van der Waals surface area contributed by atoms with Crippen molar-refractivity contribution in [1.82, 2.24) is 0 Å². The summed E-state index contributed by atoms with van der Waals surface area (Å²) in [5, 5.41) is 0. The first-order valence-electron chi connectivity index (χ1n) is 3.73. The van der Waals surface area contributed by atoms with Crippen LogP contribution in [0.3, 0.4) is 0 Å². The van der Waals surface area contributed by atoms with Crippen LogP contribution in [0.15, 0.2) is 12.7 Å². The van der Waals surface area contributed by atoms with Crippen LogP contribution in [0.1, 0.15) is 19.8 Å². The fourth-order valence-corrected chi connectivity index (χ4v) is 0.580. The Bertz CT molecular complexity index is 83.3. The summed E-state index contributed by atoms with van der Waals surface area (Å²) in [7, 11) is 0. The Morgan fingerprint density at radius 1 is 1.70 bits per heavy atom. The molecule has 0 heterocycles. The molecule has 1 atom stereocenters. The molecule has 10 heavy (non-hydrogen) atoms. The van der Waals surface area contributed by atoms with Crippen LogP contribution < -0.4 is 5.73 Å². The molecule has 0 amide bonds. The molecule has 0 aromatic heterocycles. The van der Waals surface area contributed by atoms with Crippen LogP contribution in [0.2, 0.25) is 0 Å². The summed E-state index contributed by atoms with van der Waals surface area (Å²) in [5.41, 5.74) is 5.34. The summed E-state index contributed by atoms with van der Waals surface area (Å²) in [6, 6.07) is 0. The molecule has 0 radical (unpaired) electrons. The number of ether oxygens (including phenoxy) is 1. The van der Waals surface area contributed by atoms with E-state index in [4.69, 9.17) is 10.5 Å². The number of allylic oxidation sites excluding steroid dienone is 1. The van der Waals surface area contributed by atoms with E-state index < -0.39 is 0 Å². The van der Waals surface area contributed by atoms with Gasteiger partial charge >= 0.3 is 0 Å². The second kappa shape index (κ2) is 6.78. The van der Waals surface area contributed by atoms with Crippen molar-refractivity contribution < 1.29 is 4.74 Å². The SMILES string of the molecule is C=CCCCOC(C)CN. The lowest BCUT2D eigenvalue weighted by Gasteiger charge is -2.08. The molecular weight excluding hydrogens is 126 g/mol. The predicted molar refractivity (Wildman–Crippen MR) is 43.9 cm³/mol. The lowest BCUT2D eigenvalue weighted by atomic mass is 10.3. The van der Waals surface area contributed by atoms with Crippen LogP contribution in [0.25, 0.3) is 0 Å². The molecule has 0 bridgehead atoms. The molecule has 0 spiro atoms. The van der Waals surface area contributed by atoms with Gasteiger partial charge in [0.2, 0.25) is 0 Å². The Morgan fingerprint density at radius 2 is 2.40 bits per heavy atom. The molecule has 0 saturated carbocycles. The van der Waals surface area contributed by atoms with E-state index in [2.05, 4.69) is 6.58 Å². The monoisotopic (exact) mass is 143 g/mol. The molecule has 1 unspecified atom stereocenters. The van der Waals surface area contributed by atoms with Crippen LogP contribution >= 0.6 is 0 Å². The molecular formula is C8H17NO. The molecule has 0 aliphatic carbocycles. The first-order valence-corrected chi connectivity index (χ1v) is 3.73. The van der Waals surface area contributed by atoms with E-state index in [-0.39, 0.29) is 6.10 Å². The molecule has 0 aromatic carbocycles. The molecule has 0 saturated heterocycles. The smallest absolute Gasteiger partial charge is 0.0669 e. The largest absolute Gasteiger partial charge is 0.377 e. The molecule has 0 aliphatic rings. The number of hydrogen-bond donors (Lipinski definition) is 1. The second-order valence-corrected chi connectivity index (χ2v) is 2.35. The third-order valence-electron chi connectivity index (χ3n) is 1.29. The topological polar surface area (TPSA) is 35.2 Å². The average Bonchev–Trinajstić information content (AvgIpc) is 1.98. The predicted octanol–water partition coefficient (Wildman–Crippen LogP) is 1.32. The zero-order valence-electron chi connectivity index (χ0n) is 6.68. The van der Waals surface area contributed by atoms with Crippen molar-refractivity contribution in [2.24, 2.45) is 5.73 Å². The quantitative estimate of drug-likeness (QED) is 0.449. The normalized spacial score (nSPS) is 13.0. The van der Waals surface area contributed by atoms with Gasteiger partial charge in [-0.2, -0.15) is 0 Å². The summed E-state index contributed by atoms with van der Waals surface area (Å²) in [6.45, 7) is 7.00. The lowest BCUT2D eigenvalue weighted by molar-refractivity contribution is 0.0706. The highest BCUT2D eigenvalue weighted by molar-refractivity contribution is 4.65. The van der Waals surface area contributed by atoms with Gasteiger partial charge in [0.05, 0.1) is 6.10 Å². The fraction of sp³-hybridized carbons (Fsp3) is 0.750. The van der Waals surface area contributed by atoms with Gasteiger partial charge in [-0.05, 0) is 19.8 Å². The first-order chi connectivity index (χ1) is 4.81. The molecule has 60 valence electrons. The first kappa shape index (κ1) is 9.66. The molecule has 0 aliphatic heterocycles. The van der Waals surface area contributed by atoms with Gasteiger partial charge in [-0.25, -0.2) is 0 Å². The number of unbranched alkanes of at least 4 members (excludes halogenated alkanes) is 1.